The van der Waals surface area contributed by atoms with Gasteiger partial charge in [0.2, 0.25) is 0 Å². The summed E-state index contributed by atoms with van der Waals surface area (Å²) in [6.45, 7) is 2.16. The lowest BCUT2D eigenvalue weighted by Crippen LogP contribution is -2.31. The van der Waals surface area contributed by atoms with Crippen molar-refractivity contribution >= 4 is 0 Å². The molecule has 96 valence electrons. The quantitative estimate of drug-likeness (QED) is 0.841. The number of nitrogens with one attached hydrogen (secondary N) is 1. The number of aryl methyl sites for hydroxylation is 1. The summed E-state index contributed by atoms with van der Waals surface area (Å²) in [6, 6.07) is 7.27. The van der Waals surface area contributed by atoms with E-state index in [1.54, 1.807) is 19.1 Å². The fourth-order valence-corrected chi connectivity index (χ4v) is 1.72. The third-order valence-electron chi connectivity index (χ3n) is 2.97. The van der Waals surface area contributed by atoms with E-state index in [4.69, 9.17) is 10.00 Å². The SMILES string of the molecule is Cc1cc(OCCC(C#N)NC2CC2)ccc1F. The standard InChI is InChI=1S/C14H17FN2O/c1-10-8-13(4-5-14(10)15)18-7-6-12(9-16)17-11-2-3-11/h4-5,8,11-12,17H,2-3,6-7H2,1H3. The normalized spacial score (nSPS) is 16.1. The minimum Gasteiger partial charge on any atom is -0.493 e. The number of nitrogens with zero attached hydrogens (tertiary/aromatic N) is 1. The summed E-state index contributed by atoms with van der Waals surface area (Å²) in [4.78, 5) is 0. The maximum Gasteiger partial charge on any atom is 0.126 e. The van der Waals surface area contributed by atoms with E-state index in [9.17, 15) is 4.39 Å². The molecule has 1 aromatic carbocycles. The van der Waals surface area contributed by atoms with Gasteiger partial charge in [0.1, 0.15) is 11.6 Å². The van der Waals surface area contributed by atoms with Gasteiger partial charge in [0.05, 0.1) is 18.7 Å². The molecule has 1 aliphatic rings. The van der Waals surface area contributed by atoms with E-state index in [1.165, 1.54) is 6.07 Å². The van der Waals surface area contributed by atoms with Gasteiger partial charge >= 0.3 is 0 Å². The fraction of sp³-hybridized carbons (Fsp3) is 0.500. The number of hydrogen-bond donors (Lipinski definition) is 1. The highest BCUT2D eigenvalue weighted by Gasteiger charge is 2.24. The van der Waals surface area contributed by atoms with E-state index >= 15 is 0 Å². The monoisotopic (exact) mass is 248 g/mol. The van der Waals surface area contributed by atoms with Crippen LogP contribution < -0.4 is 10.1 Å². The van der Waals surface area contributed by atoms with Gasteiger partial charge in [-0.05, 0) is 43.5 Å². The summed E-state index contributed by atoms with van der Waals surface area (Å²) in [7, 11) is 0. The number of rotatable bonds is 6. The molecule has 1 saturated carbocycles. The van der Waals surface area contributed by atoms with Crippen LogP contribution in [-0.2, 0) is 0 Å². The van der Waals surface area contributed by atoms with Crippen molar-refractivity contribution in [2.75, 3.05) is 6.61 Å². The highest BCUT2D eigenvalue weighted by Crippen LogP contribution is 2.20. The zero-order valence-electron chi connectivity index (χ0n) is 10.4. The molecule has 1 unspecified atom stereocenters. The summed E-state index contributed by atoms with van der Waals surface area (Å²) in [6.07, 6.45) is 2.97. The first kappa shape index (κ1) is 12.8. The lowest BCUT2D eigenvalue weighted by atomic mass is 10.2. The molecule has 0 heterocycles. The van der Waals surface area contributed by atoms with Gasteiger partial charge in [0, 0.05) is 12.5 Å². The largest absolute Gasteiger partial charge is 0.493 e. The Morgan fingerprint density at radius 1 is 1.56 bits per heavy atom. The summed E-state index contributed by atoms with van der Waals surface area (Å²) in [5, 5.41) is 12.2. The summed E-state index contributed by atoms with van der Waals surface area (Å²) in [5.74, 6) is 0.421. The molecule has 18 heavy (non-hydrogen) atoms. The second kappa shape index (κ2) is 5.83. The Kier molecular flexibility index (Phi) is 4.16. The number of nitriles is 1. The van der Waals surface area contributed by atoms with Crippen LogP contribution >= 0.6 is 0 Å². The lowest BCUT2D eigenvalue weighted by molar-refractivity contribution is 0.296. The molecular weight excluding hydrogens is 231 g/mol. The van der Waals surface area contributed by atoms with Gasteiger partial charge in [-0.3, -0.25) is 5.32 Å². The third kappa shape index (κ3) is 3.71. The second-order valence-corrected chi connectivity index (χ2v) is 4.67. The van der Waals surface area contributed by atoms with Crippen molar-refractivity contribution in [3.05, 3.63) is 29.6 Å². The molecule has 0 saturated heterocycles. The van der Waals surface area contributed by atoms with Crippen LogP contribution in [0.3, 0.4) is 0 Å². The molecule has 0 aliphatic heterocycles. The second-order valence-electron chi connectivity index (χ2n) is 4.67. The van der Waals surface area contributed by atoms with Crippen LogP contribution in [0.5, 0.6) is 5.75 Å². The molecule has 4 heteroatoms. The van der Waals surface area contributed by atoms with Gasteiger partial charge in [0.25, 0.3) is 0 Å². The molecule has 1 fully saturated rings. The first-order valence-corrected chi connectivity index (χ1v) is 6.23. The van der Waals surface area contributed by atoms with Crippen molar-refractivity contribution in [2.24, 2.45) is 0 Å². The van der Waals surface area contributed by atoms with Crippen molar-refractivity contribution in [2.45, 2.75) is 38.3 Å². The van der Waals surface area contributed by atoms with Crippen molar-refractivity contribution in [1.82, 2.24) is 5.32 Å². The van der Waals surface area contributed by atoms with Gasteiger partial charge in [0.15, 0.2) is 0 Å². The van der Waals surface area contributed by atoms with E-state index in [0.29, 0.717) is 30.4 Å². The van der Waals surface area contributed by atoms with E-state index in [1.807, 2.05) is 0 Å². The van der Waals surface area contributed by atoms with Crippen LogP contribution in [0, 0.1) is 24.1 Å². The minimum absolute atomic E-state index is 0.154. The summed E-state index contributed by atoms with van der Waals surface area (Å²) >= 11 is 0. The first-order chi connectivity index (χ1) is 8.69. The highest BCUT2D eigenvalue weighted by molar-refractivity contribution is 5.28. The number of hydrogen-bond acceptors (Lipinski definition) is 3. The van der Waals surface area contributed by atoms with E-state index in [-0.39, 0.29) is 11.9 Å². The maximum absolute atomic E-state index is 13.0. The molecule has 0 amide bonds. The molecule has 0 bridgehead atoms. The molecule has 1 N–H and O–H groups in total. The van der Waals surface area contributed by atoms with Gasteiger partial charge in [-0.1, -0.05) is 0 Å². The Hall–Kier alpha value is -1.60. The maximum atomic E-state index is 13.0. The molecule has 1 aliphatic carbocycles. The molecular formula is C14H17FN2O. The van der Waals surface area contributed by atoms with Gasteiger partial charge < -0.3 is 4.74 Å². The van der Waals surface area contributed by atoms with Crippen LogP contribution in [-0.4, -0.2) is 18.7 Å². The highest BCUT2D eigenvalue weighted by atomic mass is 19.1. The Labute approximate surface area is 107 Å². The lowest BCUT2D eigenvalue weighted by Gasteiger charge is -2.12. The van der Waals surface area contributed by atoms with Crippen LogP contribution in [0.2, 0.25) is 0 Å². The van der Waals surface area contributed by atoms with E-state index < -0.39 is 0 Å². The predicted molar refractivity (Wildman–Crippen MR) is 66.8 cm³/mol. The minimum atomic E-state index is -0.229. The molecule has 3 nitrogen and oxygen atoms in total. The zero-order chi connectivity index (χ0) is 13.0. The molecule has 2 rings (SSSR count). The van der Waals surface area contributed by atoms with Crippen molar-refractivity contribution < 1.29 is 9.13 Å². The Bertz CT molecular complexity index is 452. The fourth-order valence-electron chi connectivity index (χ4n) is 1.72. The van der Waals surface area contributed by atoms with Crippen molar-refractivity contribution in [3.8, 4) is 11.8 Å². The summed E-state index contributed by atoms with van der Waals surface area (Å²) < 4.78 is 18.6. The van der Waals surface area contributed by atoms with E-state index in [2.05, 4.69) is 11.4 Å². The molecule has 1 atom stereocenters. The van der Waals surface area contributed by atoms with Crippen molar-refractivity contribution in [3.63, 3.8) is 0 Å². The van der Waals surface area contributed by atoms with Gasteiger partial charge in [-0.2, -0.15) is 5.26 Å². The van der Waals surface area contributed by atoms with Crippen molar-refractivity contribution in [1.29, 1.82) is 5.26 Å². The molecule has 0 aromatic heterocycles. The van der Waals surface area contributed by atoms with Crippen LogP contribution in [0.4, 0.5) is 4.39 Å². The van der Waals surface area contributed by atoms with Gasteiger partial charge in [-0.25, -0.2) is 4.39 Å². The Balaban J connectivity index is 1.76. The van der Waals surface area contributed by atoms with E-state index in [0.717, 1.165) is 12.8 Å². The van der Waals surface area contributed by atoms with Crippen LogP contribution in [0.25, 0.3) is 0 Å². The van der Waals surface area contributed by atoms with Crippen LogP contribution in [0.1, 0.15) is 24.8 Å². The third-order valence-corrected chi connectivity index (χ3v) is 2.97. The topological polar surface area (TPSA) is 45.0 Å². The molecule has 0 spiro atoms. The Morgan fingerprint density at radius 3 is 2.94 bits per heavy atom. The zero-order valence-corrected chi connectivity index (χ0v) is 10.4. The summed E-state index contributed by atoms with van der Waals surface area (Å²) in [5.41, 5.74) is 0.570. The molecule has 0 radical (unpaired) electrons. The van der Waals surface area contributed by atoms with Crippen LogP contribution in [0.15, 0.2) is 18.2 Å². The average molecular weight is 248 g/mol. The van der Waals surface area contributed by atoms with Gasteiger partial charge in [-0.15, -0.1) is 0 Å². The smallest absolute Gasteiger partial charge is 0.126 e. The number of benzene rings is 1. The average Bonchev–Trinajstić information content (AvgIpc) is 3.16. The Morgan fingerprint density at radius 2 is 2.33 bits per heavy atom. The predicted octanol–water partition coefficient (Wildman–Crippen LogP) is 2.55. The number of ether oxygens (including phenoxy) is 1. The molecule has 1 aromatic rings. The number of halogens is 1. The first-order valence-electron chi connectivity index (χ1n) is 6.23.